The zero-order chi connectivity index (χ0) is 11.7. The van der Waals surface area contributed by atoms with Crippen molar-refractivity contribution in [2.24, 2.45) is 17.8 Å². The van der Waals surface area contributed by atoms with Gasteiger partial charge in [-0.1, -0.05) is 6.92 Å². The van der Waals surface area contributed by atoms with Crippen molar-refractivity contribution in [3.05, 3.63) is 0 Å². The lowest BCUT2D eigenvalue weighted by atomic mass is 10.0. The summed E-state index contributed by atoms with van der Waals surface area (Å²) in [6, 6.07) is 0.0785. The Hall–Kier alpha value is -1.06. The Kier molecular flexibility index (Phi) is 3.17. The zero-order valence-electron chi connectivity index (χ0n) is 9.61. The first-order chi connectivity index (χ1) is 7.58. The lowest BCUT2D eigenvalue weighted by Gasteiger charge is -2.16. The molecule has 0 radical (unpaired) electrons. The van der Waals surface area contributed by atoms with Gasteiger partial charge in [-0.05, 0) is 38.0 Å². The van der Waals surface area contributed by atoms with Crippen molar-refractivity contribution in [3.63, 3.8) is 0 Å². The highest BCUT2D eigenvalue weighted by molar-refractivity contribution is 5.79. The number of carboxylic acid groups (broad SMARTS) is 1. The first-order valence-corrected chi connectivity index (χ1v) is 6.11. The average Bonchev–Trinajstić information content (AvgIpc) is 2.97. The third-order valence-corrected chi connectivity index (χ3v) is 3.87. The summed E-state index contributed by atoms with van der Waals surface area (Å²) in [6.07, 6.45) is 4.42. The number of carbonyl (C=O) groups excluding carboxylic acids is 1. The molecule has 3 atom stereocenters. The maximum Gasteiger partial charge on any atom is 0.306 e. The van der Waals surface area contributed by atoms with Crippen LogP contribution < -0.4 is 5.32 Å². The van der Waals surface area contributed by atoms with Crippen LogP contribution in [-0.2, 0) is 9.59 Å². The first kappa shape index (κ1) is 11.4. The van der Waals surface area contributed by atoms with Gasteiger partial charge in [0, 0.05) is 12.0 Å². The molecule has 2 saturated carbocycles. The number of amides is 1. The average molecular weight is 225 g/mol. The second-order valence-electron chi connectivity index (χ2n) is 5.18. The molecule has 0 aromatic carbocycles. The van der Waals surface area contributed by atoms with Crippen LogP contribution in [0.2, 0.25) is 0 Å². The van der Waals surface area contributed by atoms with Gasteiger partial charge in [-0.3, -0.25) is 9.59 Å². The van der Waals surface area contributed by atoms with Gasteiger partial charge < -0.3 is 10.4 Å². The summed E-state index contributed by atoms with van der Waals surface area (Å²) in [5.41, 5.74) is 0. The molecule has 2 fully saturated rings. The van der Waals surface area contributed by atoms with Gasteiger partial charge in [-0.2, -0.15) is 0 Å². The second-order valence-corrected chi connectivity index (χ2v) is 5.18. The summed E-state index contributed by atoms with van der Waals surface area (Å²) >= 11 is 0. The van der Waals surface area contributed by atoms with Gasteiger partial charge in [0.1, 0.15) is 0 Å². The molecule has 4 heteroatoms. The van der Waals surface area contributed by atoms with Gasteiger partial charge in [0.05, 0.1) is 5.92 Å². The minimum Gasteiger partial charge on any atom is -0.481 e. The fraction of sp³-hybridized carbons (Fsp3) is 0.833. The SMILES string of the molecule is CC(C(=O)NC1CCC(C(=O)O)C1)C1CC1. The molecule has 3 unspecified atom stereocenters. The Morgan fingerprint density at radius 2 is 1.94 bits per heavy atom. The summed E-state index contributed by atoms with van der Waals surface area (Å²) in [5.74, 6) is -0.215. The molecule has 2 aliphatic carbocycles. The minimum atomic E-state index is -0.730. The molecule has 0 heterocycles. The number of carboxylic acids is 1. The summed E-state index contributed by atoms with van der Waals surface area (Å²) in [5, 5.41) is 11.8. The smallest absolute Gasteiger partial charge is 0.306 e. The van der Waals surface area contributed by atoms with Crippen molar-refractivity contribution in [2.45, 2.75) is 45.1 Å². The highest BCUT2D eigenvalue weighted by Crippen LogP contribution is 2.37. The van der Waals surface area contributed by atoms with E-state index in [0.29, 0.717) is 18.8 Å². The van der Waals surface area contributed by atoms with Crippen LogP contribution in [0.3, 0.4) is 0 Å². The number of hydrogen-bond donors (Lipinski definition) is 2. The van der Waals surface area contributed by atoms with E-state index >= 15 is 0 Å². The van der Waals surface area contributed by atoms with Crippen molar-refractivity contribution in [2.75, 3.05) is 0 Å². The molecule has 0 aromatic rings. The van der Waals surface area contributed by atoms with E-state index in [1.165, 1.54) is 0 Å². The summed E-state index contributed by atoms with van der Waals surface area (Å²) in [7, 11) is 0. The molecular weight excluding hydrogens is 206 g/mol. The Balaban J connectivity index is 1.77. The first-order valence-electron chi connectivity index (χ1n) is 6.11. The fourth-order valence-electron chi connectivity index (χ4n) is 2.48. The van der Waals surface area contributed by atoms with Gasteiger partial charge in [-0.15, -0.1) is 0 Å². The summed E-state index contributed by atoms with van der Waals surface area (Å²) < 4.78 is 0. The van der Waals surface area contributed by atoms with E-state index in [1.54, 1.807) is 0 Å². The normalized spacial score (nSPS) is 31.1. The molecule has 1 amide bonds. The lowest BCUT2D eigenvalue weighted by Crippen LogP contribution is -2.37. The molecule has 0 aromatic heterocycles. The monoisotopic (exact) mass is 225 g/mol. The van der Waals surface area contributed by atoms with Gasteiger partial charge in [-0.25, -0.2) is 0 Å². The Morgan fingerprint density at radius 3 is 2.44 bits per heavy atom. The van der Waals surface area contributed by atoms with Gasteiger partial charge in [0.15, 0.2) is 0 Å². The molecule has 4 nitrogen and oxygen atoms in total. The van der Waals surface area contributed by atoms with E-state index in [1.807, 2.05) is 6.92 Å². The number of hydrogen-bond acceptors (Lipinski definition) is 2. The van der Waals surface area contributed by atoms with Crippen LogP contribution in [0.4, 0.5) is 0 Å². The predicted molar refractivity (Wildman–Crippen MR) is 58.8 cm³/mol. The van der Waals surface area contributed by atoms with E-state index in [0.717, 1.165) is 19.3 Å². The van der Waals surface area contributed by atoms with Crippen LogP contribution >= 0.6 is 0 Å². The maximum atomic E-state index is 11.8. The standard InChI is InChI=1S/C12H19NO3/c1-7(8-2-3-8)11(14)13-10-5-4-9(6-10)12(15)16/h7-10H,2-6H2,1H3,(H,13,14)(H,15,16). The molecule has 0 aliphatic heterocycles. The summed E-state index contributed by atoms with van der Waals surface area (Å²) in [6.45, 7) is 1.97. The molecule has 0 spiro atoms. The van der Waals surface area contributed by atoms with Gasteiger partial charge >= 0.3 is 5.97 Å². The van der Waals surface area contributed by atoms with Crippen molar-refractivity contribution in [1.82, 2.24) is 5.32 Å². The van der Waals surface area contributed by atoms with Crippen molar-refractivity contribution in [3.8, 4) is 0 Å². The molecular formula is C12H19NO3. The maximum absolute atomic E-state index is 11.8. The van der Waals surface area contributed by atoms with Crippen LogP contribution in [-0.4, -0.2) is 23.0 Å². The fourth-order valence-corrected chi connectivity index (χ4v) is 2.48. The topological polar surface area (TPSA) is 66.4 Å². The van der Waals surface area contributed by atoms with E-state index in [9.17, 15) is 9.59 Å². The van der Waals surface area contributed by atoms with Crippen molar-refractivity contribution >= 4 is 11.9 Å². The molecule has 90 valence electrons. The zero-order valence-corrected chi connectivity index (χ0v) is 9.61. The highest BCUT2D eigenvalue weighted by Gasteiger charge is 2.35. The van der Waals surface area contributed by atoms with E-state index in [-0.39, 0.29) is 23.8 Å². The van der Waals surface area contributed by atoms with E-state index in [4.69, 9.17) is 5.11 Å². The number of nitrogens with one attached hydrogen (secondary N) is 1. The number of carbonyl (C=O) groups is 2. The van der Waals surface area contributed by atoms with Crippen LogP contribution in [0.1, 0.15) is 39.0 Å². The molecule has 2 aliphatic rings. The molecule has 2 N–H and O–H groups in total. The van der Waals surface area contributed by atoms with Crippen molar-refractivity contribution in [1.29, 1.82) is 0 Å². The van der Waals surface area contributed by atoms with Gasteiger partial charge in [0.2, 0.25) is 5.91 Å². The van der Waals surface area contributed by atoms with Crippen LogP contribution in [0, 0.1) is 17.8 Å². The third kappa shape index (κ3) is 2.54. The minimum absolute atomic E-state index is 0.0785. The second kappa shape index (κ2) is 4.44. The molecule has 0 bridgehead atoms. The largest absolute Gasteiger partial charge is 0.481 e. The van der Waals surface area contributed by atoms with Crippen LogP contribution in [0.5, 0.6) is 0 Å². The third-order valence-electron chi connectivity index (χ3n) is 3.87. The lowest BCUT2D eigenvalue weighted by molar-refractivity contribution is -0.141. The van der Waals surface area contributed by atoms with Gasteiger partial charge in [0.25, 0.3) is 0 Å². The molecule has 2 rings (SSSR count). The molecule has 0 saturated heterocycles. The number of aliphatic carboxylic acids is 1. The summed E-state index contributed by atoms with van der Waals surface area (Å²) in [4.78, 5) is 22.6. The Labute approximate surface area is 95.4 Å². The van der Waals surface area contributed by atoms with Crippen molar-refractivity contribution < 1.29 is 14.7 Å². The quantitative estimate of drug-likeness (QED) is 0.760. The van der Waals surface area contributed by atoms with Crippen LogP contribution in [0.15, 0.2) is 0 Å². The van der Waals surface area contributed by atoms with Crippen LogP contribution in [0.25, 0.3) is 0 Å². The highest BCUT2D eigenvalue weighted by atomic mass is 16.4. The Morgan fingerprint density at radius 1 is 1.25 bits per heavy atom. The molecule has 16 heavy (non-hydrogen) atoms. The van der Waals surface area contributed by atoms with E-state index < -0.39 is 5.97 Å². The van der Waals surface area contributed by atoms with E-state index in [2.05, 4.69) is 5.32 Å². The predicted octanol–water partition coefficient (Wildman–Crippen LogP) is 1.40. The number of rotatable bonds is 4. The Bertz CT molecular complexity index is 299.